The molecule has 0 spiro atoms. The molecule has 1 aliphatic rings. The first kappa shape index (κ1) is 16.4. The standard InChI is InChI=1S/C16H16O7/c1-7(3-4-10(19)8(2)17)16-15(22)14(21)13-11(20)5-9(18)6-12(13)23-16/h3-6,15-20,22H,1H2,2H3/b4-3-,10-8-/t15-,16+/m1/s1. The quantitative estimate of drug-likeness (QED) is 0.425. The summed E-state index contributed by atoms with van der Waals surface area (Å²) in [5.74, 6) is -2.38. The van der Waals surface area contributed by atoms with Gasteiger partial charge in [-0.25, -0.2) is 0 Å². The number of hydrogen-bond donors (Lipinski definition) is 5. The van der Waals surface area contributed by atoms with Crippen LogP contribution in [-0.4, -0.2) is 43.5 Å². The van der Waals surface area contributed by atoms with Crippen molar-refractivity contribution in [3.8, 4) is 17.2 Å². The molecule has 1 heterocycles. The maximum absolute atomic E-state index is 12.2. The number of aliphatic hydroxyl groups excluding tert-OH is 3. The van der Waals surface area contributed by atoms with Crippen LogP contribution >= 0.6 is 0 Å². The first-order valence-corrected chi connectivity index (χ1v) is 6.63. The molecular formula is C16H16O7. The van der Waals surface area contributed by atoms with E-state index in [2.05, 4.69) is 6.58 Å². The molecule has 0 aliphatic carbocycles. The fourth-order valence-electron chi connectivity index (χ4n) is 2.09. The normalized spacial score (nSPS) is 21.6. The van der Waals surface area contributed by atoms with Gasteiger partial charge < -0.3 is 30.3 Å². The fourth-order valence-corrected chi connectivity index (χ4v) is 2.09. The zero-order valence-corrected chi connectivity index (χ0v) is 12.2. The summed E-state index contributed by atoms with van der Waals surface area (Å²) < 4.78 is 5.43. The number of allylic oxidation sites excluding steroid dienone is 2. The van der Waals surface area contributed by atoms with Crippen molar-refractivity contribution in [3.63, 3.8) is 0 Å². The molecule has 0 bridgehead atoms. The second kappa shape index (κ2) is 6.05. The Balaban J connectivity index is 2.34. The average Bonchev–Trinajstić information content (AvgIpc) is 2.47. The van der Waals surface area contributed by atoms with Crippen LogP contribution in [0.25, 0.3) is 0 Å². The summed E-state index contributed by atoms with van der Waals surface area (Å²) in [7, 11) is 0. The molecular weight excluding hydrogens is 304 g/mol. The predicted molar refractivity (Wildman–Crippen MR) is 80.8 cm³/mol. The van der Waals surface area contributed by atoms with Crippen LogP contribution in [0.5, 0.6) is 17.2 Å². The van der Waals surface area contributed by atoms with Crippen molar-refractivity contribution in [2.45, 2.75) is 19.1 Å². The first-order chi connectivity index (χ1) is 10.7. The van der Waals surface area contributed by atoms with Gasteiger partial charge in [-0.1, -0.05) is 12.7 Å². The van der Waals surface area contributed by atoms with Crippen molar-refractivity contribution in [2.75, 3.05) is 0 Å². The first-order valence-electron chi connectivity index (χ1n) is 6.63. The minimum atomic E-state index is -1.61. The van der Waals surface area contributed by atoms with Crippen LogP contribution in [0.4, 0.5) is 0 Å². The number of hydrogen-bond acceptors (Lipinski definition) is 7. The summed E-state index contributed by atoms with van der Waals surface area (Å²) in [6.45, 7) is 4.93. The molecule has 23 heavy (non-hydrogen) atoms. The highest BCUT2D eigenvalue weighted by Crippen LogP contribution is 2.39. The lowest BCUT2D eigenvalue weighted by Gasteiger charge is -2.30. The van der Waals surface area contributed by atoms with Gasteiger partial charge in [0, 0.05) is 12.1 Å². The van der Waals surface area contributed by atoms with Gasteiger partial charge in [-0.05, 0) is 18.6 Å². The lowest BCUT2D eigenvalue weighted by atomic mass is 9.93. The monoisotopic (exact) mass is 320 g/mol. The average molecular weight is 320 g/mol. The third kappa shape index (κ3) is 3.14. The number of fused-ring (bicyclic) bond motifs is 1. The molecule has 0 saturated carbocycles. The summed E-state index contributed by atoms with van der Waals surface area (Å²) >= 11 is 0. The summed E-state index contributed by atoms with van der Waals surface area (Å²) in [5.41, 5.74) is -0.0793. The summed E-state index contributed by atoms with van der Waals surface area (Å²) in [5, 5.41) is 47.7. The number of phenols is 2. The van der Waals surface area contributed by atoms with E-state index in [0.29, 0.717) is 0 Å². The second-order valence-electron chi connectivity index (χ2n) is 5.06. The third-order valence-electron chi connectivity index (χ3n) is 3.31. The smallest absolute Gasteiger partial charge is 0.202 e. The zero-order valence-electron chi connectivity index (χ0n) is 12.2. The van der Waals surface area contributed by atoms with Crippen LogP contribution < -0.4 is 4.74 Å². The Hall–Kier alpha value is -2.93. The van der Waals surface area contributed by atoms with Gasteiger partial charge >= 0.3 is 0 Å². The van der Waals surface area contributed by atoms with Crippen molar-refractivity contribution >= 4 is 5.78 Å². The maximum Gasteiger partial charge on any atom is 0.202 e. The van der Waals surface area contributed by atoms with E-state index >= 15 is 0 Å². The number of ether oxygens (including phenoxy) is 1. The number of aliphatic hydroxyl groups is 3. The minimum absolute atomic E-state index is 0.0875. The van der Waals surface area contributed by atoms with Gasteiger partial charge in [-0.15, -0.1) is 0 Å². The van der Waals surface area contributed by atoms with Crippen molar-refractivity contribution in [2.24, 2.45) is 0 Å². The number of rotatable bonds is 3. The molecule has 0 unspecified atom stereocenters. The van der Waals surface area contributed by atoms with Crippen LogP contribution in [0, 0.1) is 0 Å². The van der Waals surface area contributed by atoms with E-state index in [1.54, 1.807) is 0 Å². The topological polar surface area (TPSA) is 127 Å². The van der Waals surface area contributed by atoms with E-state index in [1.165, 1.54) is 13.0 Å². The molecule has 7 nitrogen and oxygen atoms in total. The van der Waals surface area contributed by atoms with Gasteiger partial charge in [0.25, 0.3) is 0 Å². The van der Waals surface area contributed by atoms with Gasteiger partial charge in [0.1, 0.15) is 28.6 Å². The van der Waals surface area contributed by atoms with Gasteiger partial charge in [-0.3, -0.25) is 4.79 Å². The van der Waals surface area contributed by atoms with Gasteiger partial charge in [0.15, 0.2) is 18.0 Å². The van der Waals surface area contributed by atoms with Crippen molar-refractivity contribution < 1.29 is 35.1 Å². The van der Waals surface area contributed by atoms with Crippen LogP contribution in [0.1, 0.15) is 17.3 Å². The Morgan fingerprint density at radius 1 is 1.26 bits per heavy atom. The fraction of sp³-hybridized carbons (Fsp3) is 0.188. The predicted octanol–water partition coefficient (Wildman–Crippen LogP) is 1.86. The number of phenolic OH excluding ortho intramolecular Hbond substituents is 2. The lowest BCUT2D eigenvalue weighted by molar-refractivity contribution is 0.0350. The summed E-state index contributed by atoms with van der Waals surface area (Å²) in [6.07, 6.45) is -0.381. The van der Waals surface area contributed by atoms with Crippen LogP contribution in [-0.2, 0) is 0 Å². The number of carbonyl (C=O) groups is 1. The van der Waals surface area contributed by atoms with Crippen molar-refractivity contribution in [1.29, 1.82) is 0 Å². The molecule has 1 aliphatic heterocycles. The Morgan fingerprint density at radius 2 is 1.91 bits per heavy atom. The molecule has 0 radical (unpaired) electrons. The Kier molecular flexibility index (Phi) is 4.33. The molecule has 1 aromatic rings. The zero-order chi connectivity index (χ0) is 17.3. The molecule has 0 amide bonds. The van der Waals surface area contributed by atoms with E-state index in [1.807, 2.05) is 0 Å². The Morgan fingerprint density at radius 3 is 2.52 bits per heavy atom. The van der Waals surface area contributed by atoms with E-state index in [9.17, 15) is 25.2 Å². The molecule has 5 N–H and O–H groups in total. The Labute approximate surface area is 131 Å². The van der Waals surface area contributed by atoms with Gasteiger partial charge in [-0.2, -0.15) is 0 Å². The number of Topliss-reactive ketones (excluding diaryl/α,β-unsaturated/α-hetero) is 1. The lowest BCUT2D eigenvalue weighted by Crippen LogP contribution is -2.43. The highest BCUT2D eigenvalue weighted by molar-refractivity contribution is 6.05. The van der Waals surface area contributed by atoms with Crippen LogP contribution in [0.15, 0.2) is 48.0 Å². The molecule has 0 aromatic heterocycles. The van der Waals surface area contributed by atoms with E-state index < -0.39 is 29.5 Å². The number of benzene rings is 1. The summed E-state index contributed by atoms with van der Waals surface area (Å²) in [6, 6.07) is 2.10. The van der Waals surface area contributed by atoms with E-state index in [-0.39, 0.29) is 28.4 Å². The maximum atomic E-state index is 12.2. The van der Waals surface area contributed by atoms with Gasteiger partial charge in [0.2, 0.25) is 5.78 Å². The van der Waals surface area contributed by atoms with Gasteiger partial charge in [0.05, 0.1) is 0 Å². The molecule has 0 fully saturated rings. The molecule has 2 rings (SSSR count). The number of aromatic hydroxyl groups is 2. The number of carbonyl (C=O) groups excluding carboxylic acids is 1. The van der Waals surface area contributed by atoms with Crippen LogP contribution in [0.3, 0.4) is 0 Å². The SMILES string of the molecule is C=C(/C=C\C(O)=C(/C)O)[C@@H]1Oc2cc(O)cc(O)c2C(=O)[C@H]1O. The highest BCUT2D eigenvalue weighted by Gasteiger charge is 2.39. The molecule has 7 heteroatoms. The largest absolute Gasteiger partial charge is 0.509 e. The molecule has 2 atom stereocenters. The summed E-state index contributed by atoms with van der Waals surface area (Å²) in [4.78, 5) is 12.2. The molecule has 0 saturated heterocycles. The van der Waals surface area contributed by atoms with E-state index in [4.69, 9.17) is 9.84 Å². The van der Waals surface area contributed by atoms with Crippen molar-refractivity contribution in [3.05, 3.63) is 53.5 Å². The number of ketones is 1. The third-order valence-corrected chi connectivity index (χ3v) is 3.31. The van der Waals surface area contributed by atoms with Crippen LogP contribution in [0.2, 0.25) is 0 Å². The van der Waals surface area contributed by atoms with E-state index in [0.717, 1.165) is 18.2 Å². The Bertz CT molecular complexity index is 726. The molecule has 1 aromatic carbocycles. The van der Waals surface area contributed by atoms with Crippen molar-refractivity contribution in [1.82, 2.24) is 0 Å². The molecule has 122 valence electrons. The minimum Gasteiger partial charge on any atom is -0.509 e. The second-order valence-corrected chi connectivity index (χ2v) is 5.06. The highest BCUT2D eigenvalue weighted by atomic mass is 16.5.